The molecule has 2 rings (SSSR count). The van der Waals surface area contributed by atoms with Crippen molar-refractivity contribution < 1.29 is 0 Å². The molecular formula is C9H13ClN4. The smallest absolute Gasteiger partial charge is 0.223 e. The first-order valence-electron chi connectivity index (χ1n) is 4.77. The summed E-state index contributed by atoms with van der Waals surface area (Å²) in [6.45, 7) is 3.03. The lowest BCUT2D eigenvalue weighted by Gasteiger charge is -2.21. The van der Waals surface area contributed by atoms with E-state index in [0.717, 1.165) is 12.4 Å². The maximum atomic E-state index is 5.82. The van der Waals surface area contributed by atoms with Gasteiger partial charge in [0.25, 0.3) is 0 Å². The van der Waals surface area contributed by atoms with E-state index in [1.807, 2.05) is 0 Å². The summed E-state index contributed by atoms with van der Waals surface area (Å²) >= 11 is 5.82. The van der Waals surface area contributed by atoms with Gasteiger partial charge in [0.1, 0.15) is 11.0 Å². The van der Waals surface area contributed by atoms with Gasteiger partial charge in [-0.05, 0) is 19.8 Å². The van der Waals surface area contributed by atoms with Crippen molar-refractivity contribution in [3.63, 3.8) is 0 Å². The van der Waals surface area contributed by atoms with E-state index in [4.69, 9.17) is 17.3 Å². The molecule has 0 bridgehead atoms. The van der Waals surface area contributed by atoms with Crippen LogP contribution >= 0.6 is 11.6 Å². The fourth-order valence-electron chi connectivity index (χ4n) is 1.56. The number of aromatic nitrogens is 2. The quantitative estimate of drug-likeness (QED) is 0.775. The van der Waals surface area contributed by atoms with Crippen molar-refractivity contribution in [2.75, 3.05) is 17.2 Å². The van der Waals surface area contributed by atoms with Gasteiger partial charge in [-0.25, -0.2) is 4.98 Å². The monoisotopic (exact) mass is 212 g/mol. The maximum absolute atomic E-state index is 5.82. The van der Waals surface area contributed by atoms with Gasteiger partial charge in [-0.15, -0.1) is 0 Å². The average molecular weight is 213 g/mol. The minimum atomic E-state index is 0.242. The highest BCUT2D eigenvalue weighted by molar-refractivity contribution is 6.29. The SMILES string of the molecule is CCN(c1cc(Cl)nc(N)n1)C1CC1. The van der Waals surface area contributed by atoms with Crippen molar-refractivity contribution in [1.82, 2.24) is 9.97 Å². The second kappa shape index (κ2) is 3.61. The second-order valence-electron chi connectivity index (χ2n) is 3.42. The molecule has 1 aliphatic rings. The Hall–Kier alpha value is -1.03. The first-order valence-corrected chi connectivity index (χ1v) is 5.15. The van der Waals surface area contributed by atoms with Gasteiger partial charge >= 0.3 is 0 Å². The number of hydrogen-bond donors (Lipinski definition) is 1. The number of rotatable bonds is 3. The van der Waals surface area contributed by atoms with E-state index in [9.17, 15) is 0 Å². The zero-order chi connectivity index (χ0) is 10.1. The van der Waals surface area contributed by atoms with Crippen molar-refractivity contribution in [2.24, 2.45) is 0 Å². The third kappa shape index (κ3) is 1.90. The molecule has 0 saturated heterocycles. The maximum Gasteiger partial charge on any atom is 0.223 e. The van der Waals surface area contributed by atoms with Gasteiger partial charge in [0.05, 0.1) is 0 Å². The highest BCUT2D eigenvalue weighted by Gasteiger charge is 2.29. The predicted octanol–water partition coefficient (Wildman–Crippen LogP) is 1.70. The minimum absolute atomic E-state index is 0.242. The topological polar surface area (TPSA) is 55.0 Å². The van der Waals surface area contributed by atoms with E-state index in [1.165, 1.54) is 12.8 Å². The van der Waals surface area contributed by atoms with Crippen molar-refractivity contribution in [1.29, 1.82) is 0 Å². The van der Waals surface area contributed by atoms with Crippen LogP contribution < -0.4 is 10.6 Å². The molecule has 0 amide bonds. The van der Waals surface area contributed by atoms with Gasteiger partial charge in [-0.1, -0.05) is 11.6 Å². The van der Waals surface area contributed by atoms with Gasteiger partial charge < -0.3 is 10.6 Å². The van der Waals surface area contributed by atoms with E-state index >= 15 is 0 Å². The van der Waals surface area contributed by atoms with E-state index in [-0.39, 0.29) is 5.95 Å². The standard InChI is InChI=1S/C9H13ClN4/c1-2-14(6-3-4-6)8-5-7(10)12-9(11)13-8/h5-6H,2-4H2,1H3,(H2,11,12,13). The minimum Gasteiger partial charge on any atom is -0.368 e. The van der Waals surface area contributed by atoms with E-state index in [0.29, 0.717) is 11.2 Å². The van der Waals surface area contributed by atoms with Crippen LogP contribution in [0.1, 0.15) is 19.8 Å². The summed E-state index contributed by atoms with van der Waals surface area (Å²) in [4.78, 5) is 10.2. The molecule has 76 valence electrons. The van der Waals surface area contributed by atoms with Crippen LogP contribution in [0.25, 0.3) is 0 Å². The molecule has 5 heteroatoms. The molecule has 1 fully saturated rings. The van der Waals surface area contributed by atoms with Crippen LogP contribution in [0.4, 0.5) is 11.8 Å². The number of nitrogens with zero attached hydrogens (tertiary/aromatic N) is 3. The predicted molar refractivity (Wildman–Crippen MR) is 57.5 cm³/mol. The summed E-state index contributed by atoms with van der Waals surface area (Å²) in [7, 11) is 0. The van der Waals surface area contributed by atoms with Gasteiger partial charge in [-0.2, -0.15) is 4.98 Å². The third-order valence-corrected chi connectivity index (χ3v) is 2.51. The van der Waals surface area contributed by atoms with Crippen LogP contribution in [-0.4, -0.2) is 22.6 Å². The Morgan fingerprint density at radius 1 is 1.57 bits per heavy atom. The molecule has 1 heterocycles. The Bertz CT molecular complexity index is 317. The van der Waals surface area contributed by atoms with Crippen LogP contribution in [-0.2, 0) is 0 Å². The normalized spacial score (nSPS) is 15.6. The summed E-state index contributed by atoms with van der Waals surface area (Å²) in [6.07, 6.45) is 2.46. The van der Waals surface area contributed by atoms with Gasteiger partial charge in [0.2, 0.25) is 5.95 Å². The average Bonchev–Trinajstić information content (AvgIpc) is 2.87. The van der Waals surface area contributed by atoms with Crippen LogP contribution in [0.15, 0.2) is 6.07 Å². The third-order valence-electron chi connectivity index (χ3n) is 2.32. The van der Waals surface area contributed by atoms with Crippen LogP contribution in [0.2, 0.25) is 5.15 Å². The highest BCUT2D eigenvalue weighted by atomic mass is 35.5. The molecule has 4 nitrogen and oxygen atoms in total. The lowest BCUT2D eigenvalue weighted by molar-refractivity contribution is 0.806. The molecular weight excluding hydrogens is 200 g/mol. The fourth-order valence-corrected chi connectivity index (χ4v) is 1.75. The molecule has 1 saturated carbocycles. The zero-order valence-corrected chi connectivity index (χ0v) is 8.83. The molecule has 0 unspecified atom stereocenters. The second-order valence-corrected chi connectivity index (χ2v) is 3.81. The van der Waals surface area contributed by atoms with Crippen LogP contribution in [0.3, 0.4) is 0 Å². The van der Waals surface area contributed by atoms with E-state index in [1.54, 1.807) is 6.07 Å². The van der Waals surface area contributed by atoms with Crippen LogP contribution in [0, 0.1) is 0 Å². The summed E-state index contributed by atoms with van der Waals surface area (Å²) in [5, 5.41) is 0.409. The largest absolute Gasteiger partial charge is 0.368 e. The summed E-state index contributed by atoms with van der Waals surface area (Å²) in [5.41, 5.74) is 5.54. The van der Waals surface area contributed by atoms with Crippen molar-refractivity contribution in [3.8, 4) is 0 Å². The summed E-state index contributed by atoms with van der Waals surface area (Å²) in [5.74, 6) is 1.08. The van der Waals surface area contributed by atoms with Gasteiger partial charge in [0.15, 0.2) is 0 Å². The first-order chi connectivity index (χ1) is 6.70. The Labute approximate surface area is 88.1 Å². The van der Waals surface area contributed by atoms with E-state index < -0.39 is 0 Å². The molecule has 0 radical (unpaired) electrons. The Kier molecular flexibility index (Phi) is 2.46. The molecule has 0 atom stereocenters. The van der Waals surface area contributed by atoms with Crippen molar-refractivity contribution >= 4 is 23.4 Å². The molecule has 14 heavy (non-hydrogen) atoms. The Morgan fingerprint density at radius 2 is 2.29 bits per heavy atom. The number of anilines is 2. The first kappa shape index (κ1) is 9.52. The number of nitrogens with two attached hydrogens (primary N) is 1. The molecule has 1 aliphatic carbocycles. The molecule has 0 spiro atoms. The molecule has 1 aromatic rings. The number of nitrogen functional groups attached to an aromatic ring is 1. The fraction of sp³-hybridized carbons (Fsp3) is 0.556. The number of hydrogen-bond acceptors (Lipinski definition) is 4. The molecule has 0 aromatic carbocycles. The highest BCUT2D eigenvalue weighted by Crippen LogP contribution is 2.31. The van der Waals surface area contributed by atoms with E-state index in [2.05, 4.69) is 21.8 Å². The number of halogens is 1. The van der Waals surface area contributed by atoms with Crippen molar-refractivity contribution in [3.05, 3.63) is 11.2 Å². The summed E-state index contributed by atoms with van der Waals surface area (Å²) < 4.78 is 0. The van der Waals surface area contributed by atoms with Crippen LogP contribution in [0.5, 0.6) is 0 Å². The summed E-state index contributed by atoms with van der Waals surface area (Å²) in [6, 6.07) is 2.38. The zero-order valence-electron chi connectivity index (χ0n) is 8.07. The van der Waals surface area contributed by atoms with Gasteiger partial charge in [-0.3, -0.25) is 0 Å². The molecule has 0 aliphatic heterocycles. The lowest BCUT2D eigenvalue weighted by Crippen LogP contribution is -2.26. The Morgan fingerprint density at radius 3 is 2.79 bits per heavy atom. The van der Waals surface area contributed by atoms with Gasteiger partial charge in [0, 0.05) is 18.7 Å². The molecule has 1 aromatic heterocycles. The molecule has 2 N–H and O–H groups in total. The lowest BCUT2D eigenvalue weighted by atomic mass is 10.4. The Balaban J connectivity index is 2.28. The van der Waals surface area contributed by atoms with Crippen molar-refractivity contribution in [2.45, 2.75) is 25.8 Å².